The van der Waals surface area contributed by atoms with E-state index >= 15 is 0 Å². The van der Waals surface area contributed by atoms with Gasteiger partial charge in [0.2, 0.25) is 0 Å². The first-order valence-electron chi connectivity index (χ1n) is 9.33. The van der Waals surface area contributed by atoms with Crippen LogP contribution in [0.5, 0.6) is 11.5 Å². The van der Waals surface area contributed by atoms with Crippen LogP contribution in [-0.4, -0.2) is 51.4 Å². The second kappa shape index (κ2) is 11.1. The summed E-state index contributed by atoms with van der Waals surface area (Å²) in [4.78, 5) is 0. The molecule has 2 unspecified atom stereocenters. The van der Waals surface area contributed by atoms with Gasteiger partial charge in [0.05, 0.1) is 34.0 Å². The summed E-state index contributed by atoms with van der Waals surface area (Å²) < 4.78 is 22.1. The van der Waals surface area contributed by atoms with Crippen LogP contribution in [0.25, 0.3) is 0 Å². The summed E-state index contributed by atoms with van der Waals surface area (Å²) in [5, 5.41) is 12.8. The topological polar surface area (TPSA) is 73.8 Å². The molecular weight excluding hydrogens is 370 g/mol. The molecule has 1 heterocycles. The Hall–Kier alpha value is -1.05. The van der Waals surface area contributed by atoms with Crippen LogP contribution in [0.1, 0.15) is 45.3 Å². The Labute approximate surface area is 168 Å². The number of benzene rings is 1. The number of methoxy groups -OCH3 is 2. The fourth-order valence-corrected chi connectivity index (χ4v) is 3.03. The fraction of sp³-hybridized carbons (Fsp3) is 0.700. The van der Waals surface area contributed by atoms with Crippen LogP contribution < -0.4 is 27.2 Å². The maximum Gasteiger partial charge on any atom is 0.161 e. The Balaban J connectivity index is 0.00000364. The molecule has 0 saturated carbocycles. The van der Waals surface area contributed by atoms with Crippen LogP contribution in [0.4, 0.5) is 0 Å². The van der Waals surface area contributed by atoms with Crippen molar-refractivity contribution in [2.24, 2.45) is 5.41 Å². The number of nitrogens with two attached hydrogens (primary N) is 1. The van der Waals surface area contributed by atoms with E-state index in [1.165, 1.54) is 0 Å². The third-order valence-corrected chi connectivity index (χ3v) is 4.75. The summed E-state index contributed by atoms with van der Waals surface area (Å²) in [6.07, 6.45) is 1.19. The molecule has 0 amide bonds. The van der Waals surface area contributed by atoms with Crippen molar-refractivity contribution >= 4 is 0 Å². The molecule has 156 valence electrons. The van der Waals surface area contributed by atoms with Gasteiger partial charge >= 0.3 is 0 Å². The molecule has 6 nitrogen and oxygen atoms in total. The summed E-state index contributed by atoms with van der Waals surface area (Å²) in [5.41, 5.74) is 0.938. The summed E-state index contributed by atoms with van der Waals surface area (Å²) in [7, 11) is 3.20. The van der Waals surface area contributed by atoms with Gasteiger partial charge in [-0.1, -0.05) is 19.9 Å². The summed E-state index contributed by atoms with van der Waals surface area (Å²) in [6.45, 7) is 8.73. The van der Waals surface area contributed by atoms with Crippen molar-refractivity contribution in [2.45, 2.75) is 52.0 Å². The molecule has 1 fully saturated rings. The van der Waals surface area contributed by atoms with Crippen LogP contribution in [0.3, 0.4) is 0 Å². The normalized spacial score (nSPS) is 19.0. The van der Waals surface area contributed by atoms with Gasteiger partial charge in [0.25, 0.3) is 0 Å². The zero-order valence-corrected chi connectivity index (χ0v) is 17.8. The Bertz CT molecular complexity index is 559. The highest BCUT2D eigenvalue weighted by molar-refractivity contribution is 5.43. The SMILES string of the molecule is COc1ccc(C(O)C(C)[NH2+]CCCC2OCC(C)(C)CO2)cc1OC.[Cl-]. The average molecular weight is 404 g/mol. The maximum absolute atomic E-state index is 10.6. The lowest BCUT2D eigenvalue weighted by atomic mass is 9.95. The van der Waals surface area contributed by atoms with Crippen molar-refractivity contribution < 1.29 is 41.8 Å². The molecule has 7 heteroatoms. The van der Waals surface area contributed by atoms with Gasteiger partial charge in [0, 0.05) is 18.3 Å². The van der Waals surface area contributed by atoms with E-state index in [-0.39, 0.29) is 30.2 Å². The highest BCUT2D eigenvalue weighted by atomic mass is 35.5. The fourth-order valence-electron chi connectivity index (χ4n) is 3.03. The first kappa shape index (κ1) is 24.0. The van der Waals surface area contributed by atoms with E-state index in [0.29, 0.717) is 11.5 Å². The molecule has 0 aliphatic carbocycles. The lowest BCUT2D eigenvalue weighted by Gasteiger charge is -2.34. The minimum atomic E-state index is -0.571. The Morgan fingerprint density at radius 1 is 1.19 bits per heavy atom. The van der Waals surface area contributed by atoms with Crippen LogP contribution in [0, 0.1) is 5.41 Å². The average Bonchev–Trinajstić information content (AvgIpc) is 2.64. The monoisotopic (exact) mass is 403 g/mol. The highest BCUT2D eigenvalue weighted by Crippen LogP contribution is 2.30. The Morgan fingerprint density at radius 3 is 2.41 bits per heavy atom. The van der Waals surface area contributed by atoms with Crippen molar-refractivity contribution in [3.63, 3.8) is 0 Å². The molecule has 2 atom stereocenters. The Kier molecular flexibility index (Phi) is 9.84. The minimum Gasteiger partial charge on any atom is -1.00 e. The molecule has 0 radical (unpaired) electrons. The standard InChI is InChI=1S/C20H33NO5.ClH/c1-14(19(22)15-8-9-16(23-4)17(11-15)24-5)21-10-6-7-18-25-12-20(2,3)13-26-18;/h8-9,11,14,18-19,21-22H,6-7,10,12-13H2,1-5H3;1H. The van der Waals surface area contributed by atoms with Crippen LogP contribution in [-0.2, 0) is 9.47 Å². The van der Waals surface area contributed by atoms with Crippen LogP contribution in [0.15, 0.2) is 18.2 Å². The van der Waals surface area contributed by atoms with Crippen molar-refractivity contribution in [3.05, 3.63) is 23.8 Å². The predicted molar refractivity (Wildman–Crippen MR) is 99.5 cm³/mol. The molecule has 3 N–H and O–H groups in total. The third kappa shape index (κ3) is 7.12. The molecule has 1 aromatic carbocycles. The van der Waals surface area contributed by atoms with Crippen molar-refractivity contribution in [1.82, 2.24) is 0 Å². The number of hydrogen-bond acceptors (Lipinski definition) is 5. The quantitative estimate of drug-likeness (QED) is 0.511. The van der Waals surface area contributed by atoms with Gasteiger partial charge in [-0.15, -0.1) is 0 Å². The van der Waals surface area contributed by atoms with Crippen molar-refractivity contribution in [3.8, 4) is 11.5 Å². The lowest BCUT2D eigenvalue weighted by Crippen LogP contribution is -3.00. The number of halogens is 1. The molecule has 1 aliphatic rings. The van der Waals surface area contributed by atoms with Crippen LogP contribution >= 0.6 is 0 Å². The van der Waals surface area contributed by atoms with E-state index in [4.69, 9.17) is 18.9 Å². The van der Waals surface area contributed by atoms with Gasteiger partial charge in [-0.05, 0) is 24.6 Å². The van der Waals surface area contributed by atoms with E-state index < -0.39 is 6.10 Å². The van der Waals surface area contributed by atoms with Crippen LogP contribution in [0.2, 0.25) is 0 Å². The molecule has 1 aromatic rings. The highest BCUT2D eigenvalue weighted by Gasteiger charge is 2.28. The van der Waals surface area contributed by atoms with E-state index in [0.717, 1.165) is 38.2 Å². The Morgan fingerprint density at radius 2 is 1.81 bits per heavy atom. The summed E-state index contributed by atoms with van der Waals surface area (Å²) in [6, 6.07) is 5.57. The van der Waals surface area contributed by atoms with Gasteiger partial charge < -0.3 is 41.8 Å². The number of ether oxygens (including phenoxy) is 4. The largest absolute Gasteiger partial charge is 1.00 e. The van der Waals surface area contributed by atoms with Gasteiger partial charge in [0.1, 0.15) is 12.1 Å². The van der Waals surface area contributed by atoms with Gasteiger partial charge in [-0.25, -0.2) is 0 Å². The van der Waals surface area contributed by atoms with E-state index in [1.54, 1.807) is 14.2 Å². The van der Waals surface area contributed by atoms with Gasteiger partial charge in [0.15, 0.2) is 17.8 Å². The number of quaternary nitrogens is 1. The molecule has 2 rings (SSSR count). The van der Waals surface area contributed by atoms with Gasteiger partial charge in [-0.3, -0.25) is 0 Å². The van der Waals surface area contributed by atoms with Crippen molar-refractivity contribution in [2.75, 3.05) is 34.0 Å². The molecule has 27 heavy (non-hydrogen) atoms. The molecule has 1 aliphatic heterocycles. The number of hydrogen-bond donors (Lipinski definition) is 2. The minimum absolute atomic E-state index is 0. The summed E-state index contributed by atoms with van der Waals surface area (Å²) in [5.74, 6) is 1.29. The smallest absolute Gasteiger partial charge is 0.161 e. The third-order valence-electron chi connectivity index (χ3n) is 4.75. The zero-order chi connectivity index (χ0) is 19.2. The number of aliphatic hydroxyl groups excluding tert-OH is 1. The molecule has 0 aromatic heterocycles. The molecule has 0 bridgehead atoms. The first-order chi connectivity index (χ1) is 12.4. The number of aliphatic hydroxyl groups is 1. The molecule has 0 spiro atoms. The number of rotatable bonds is 9. The summed E-state index contributed by atoms with van der Waals surface area (Å²) >= 11 is 0. The van der Waals surface area contributed by atoms with E-state index in [9.17, 15) is 5.11 Å². The van der Waals surface area contributed by atoms with E-state index in [2.05, 4.69) is 19.2 Å². The van der Waals surface area contributed by atoms with E-state index in [1.807, 2.05) is 25.1 Å². The predicted octanol–water partition coefficient (Wildman–Crippen LogP) is -1.13. The zero-order valence-electron chi connectivity index (χ0n) is 17.0. The second-order valence-corrected chi connectivity index (χ2v) is 7.80. The van der Waals surface area contributed by atoms with Crippen molar-refractivity contribution in [1.29, 1.82) is 0 Å². The molecule has 1 saturated heterocycles. The first-order valence-corrected chi connectivity index (χ1v) is 9.33. The molecular formula is C20H34ClNO5. The maximum atomic E-state index is 10.6. The lowest BCUT2D eigenvalue weighted by molar-refractivity contribution is -0.694. The van der Waals surface area contributed by atoms with Gasteiger partial charge in [-0.2, -0.15) is 0 Å². The second-order valence-electron chi connectivity index (χ2n) is 7.80.